The average Bonchev–Trinajstić information content (AvgIpc) is 2.45. The number of nitrogens with zero attached hydrogens (tertiary/aromatic N) is 1. The first-order valence-corrected chi connectivity index (χ1v) is 8.01. The molecule has 2 saturated heterocycles. The van der Waals surface area contributed by atoms with E-state index in [1.165, 1.54) is 0 Å². The average molecular weight is 255 g/mol. The number of amidine groups is 1. The Morgan fingerprint density at radius 3 is 2.79 bits per heavy atom. The van der Waals surface area contributed by atoms with Crippen molar-refractivity contribution in [3.05, 3.63) is 0 Å². The summed E-state index contributed by atoms with van der Waals surface area (Å²) in [5, 5.41) is 4.36. The summed E-state index contributed by atoms with van der Waals surface area (Å²) in [4.78, 5) is 0. The molecule has 2 aliphatic rings. The Morgan fingerprint density at radius 2 is 2.29 bits per heavy atom. The highest BCUT2D eigenvalue weighted by Crippen LogP contribution is 2.25. The van der Waals surface area contributed by atoms with Gasteiger partial charge in [-0.2, -0.15) is 8.42 Å². The minimum atomic E-state index is -3.88. The molecule has 2 fully saturated rings. The van der Waals surface area contributed by atoms with Crippen LogP contribution in [0.5, 0.6) is 0 Å². The van der Waals surface area contributed by atoms with E-state index >= 15 is 0 Å². The van der Waals surface area contributed by atoms with E-state index in [2.05, 4.69) is 9.89 Å². The number of thioether (sulfide) groups is 1. The fourth-order valence-corrected chi connectivity index (χ4v) is 4.55. The van der Waals surface area contributed by atoms with Gasteiger partial charge in [-0.25, -0.2) is 0 Å². The summed E-state index contributed by atoms with van der Waals surface area (Å²) in [7, 11) is -3.24. The molecule has 2 aliphatic heterocycles. The van der Waals surface area contributed by atoms with Crippen molar-refractivity contribution in [2.75, 3.05) is 25.4 Å². The highest BCUT2D eigenvalue weighted by atomic mass is 33.1. The highest BCUT2D eigenvalue weighted by molar-refractivity contribution is 8.70. The van der Waals surface area contributed by atoms with Crippen LogP contribution in [0.3, 0.4) is 0 Å². The Bertz CT molecular complexity index is 349. The van der Waals surface area contributed by atoms with Gasteiger partial charge in [0.25, 0.3) is 0 Å². The second kappa shape index (κ2) is 3.92. The molecule has 0 unspecified atom stereocenters. The van der Waals surface area contributed by atoms with Crippen molar-refractivity contribution in [3.8, 4) is 0 Å². The van der Waals surface area contributed by atoms with Crippen LogP contribution >= 0.6 is 22.6 Å². The van der Waals surface area contributed by atoms with E-state index in [0.717, 1.165) is 17.5 Å². The topological polar surface area (TPSA) is 69.4 Å². The lowest BCUT2D eigenvalue weighted by Crippen LogP contribution is -2.47. The summed E-state index contributed by atoms with van der Waals surface area (Å²) in [5.41, 5.74) is 0. The summed E-state index contributed by atoms with van der Waals surface area (Å²) in [6.07, 6.45) is 0. The van der Waals surface area contributed by atoms with Crippen LogP contribution < -0.4 is 5.32 Å². The first kappa shape index (κ1) is 10.6. The Morgan fingerprint density at radius 1 is 1.57 bits per heavy atom. The first-order valence-electron chi connectivity index (χ1n) is 4.19. The van der Waals surface area contributed by atoms with Crippen LogP contribution in [0.15, 0.2) is 0 Å². The van der Waals surface area contributed by atoms with E-state index in [-0.39, 0.29) is 5.25 Å². The van der Waals surface area contributed by atoms with E-state index in [4.69, 9.17) is 4.55 Å². The third-order valence-corrected chi connectivity index (χ3v) is 5.45. The van der Waals surface area contributed by atoms with E-state index in [9.17, 15) is 8.42 Å². The molecule has 2 N–H and O–H groups in total. The zero-order valence-electron chi connectivity index (χ0n) is 7.34. The maximum Gasteiger partial charge on any atom is 0.320 e. The van der Waals surface area contributed by atoms with Crippen molar-refractivity contribution in [1.29, 1.82) is 0 Å². The normalized spacial score (nSPS) is 27.4. The second-order valence-corrected chi connectivity index (χ2v) is 7.77. The quantitative estimate of drug-likeness (QED) is 0.398. The summed E-state index contributed by atoms with van der Waals surface area (Å²) >= 11 is 1.76. The van der Waals surface area contributed by atoms with Gasteiger partial charge in [-0.05, 0) is 11.8 Å². The van der Waals surface area contributed by atoms with Gasteiger partial charge in [0.1, 0.15) is 13.1 Å². The van der Waals surface area contributed by atoms with Crippen LogP contribution in [0.4, 0.5) is 0 Å². The van der Waals surface area contributed by atoms with Gasteiger partial charge in [0.05, 0.1) is 11.8 Å². The fraction of sp³-hybridized carbons (Fsp3) is 0.833. The van der Waals surface area contributed by atoms with Gasteiger partial charge >= 0.3 is 14.3 Å². The Kier molecular flexibility index (Phi) is 2.96. The van der Waals surface area contributed by atoms with Crippen molar-refractivity contribution in [1.82, 2.24) is 5.32 Å². The zero-order chi connectivity index (χ0) is 10.2. The lowest BCUT2D eigenvalue weighted by molar-refractivity contribution is -0.578. The van der Waals surface area contributed by atoms with Crippen molar-refractivity contribution in [2.24, 2.45) is 0 Å². The van der Waals surface area contributed by atoms with Crippen molar-refractivity contribution in [3.63, 3.8) is 0 Å². The van der Waals surface area contributed by atoms with Crippen LogP contribution in [0.25, 0.3) is 0 Å². The van der Waals surface area contributed by atoms with Crippen molar-refractivity contribution >= 4 is 36.9 Å². The molecule has 2 rings (SSSR count). The molecule has 0 atom stereocenters. The van der Waals surface area contributed by atoms with Crippen LogP contribution in [0.1, 0.15) is 0 Å². The molecule has 80 valence electrons. The molecular formula is C6H11N2O3S3+. The summed E-state index contributed by atoms with van der Waals surface area (Å²) in [5.74, 6) is 1.07. The minimum absolute atomic E-state index is 0.000463. The van der Waals surface area contributed by atoms with Crippen molar-refractivity contribution < 1.29 is 17.5 Å². The monoisotopic (exact) mass is 255 g/mol. The maximum absolute atomic E-state index is 10.5. The van der Waals surface area contributed by atoms with Gasteiger partial charge in [-0.3, -0.25) is 14.4 Å². The molecule has 2 heterocycles. The molecule has 0 aromatic rings. The van der Waals surface area contributed by atoms with Gasteiger partial charge in [0.15, 0.2) is 0 Å². The largest absolute Gasteiger partial charge is 0.320 e. The van der Waals surface area contributed by atoms with Crippen LogP contribution in [-0.2, 0) is 9.15 Å². The lowest BCUT2D eigenvalue weighted by Gasteiger charge is -2.25. The first-order chi connectivity index (χ1) is 6.54. The zero-order valence-corrected chi connectivity index (χ0v) is 9.79. The summed E-state index contributed by atoms with van der Waals surface area (Å²) in [6, 6.07) is 0. The molecule has 0 radical (unpaired) electrons. The third kappa shape index (κ3) is 2.56. The van der Waals surface area contributed by atoms with Crippen LogP contribution in [0, 0.1) is 0 Å². The lowest BCUT2D eigenvalue weighted by atomic mass is 10.3. The molecule has 0 aromatic heterocycles. The number of nitrogens with one attached hydrogen (secondary N) is 1. The third-order valence-electron chi connectivity index (χ3n) is 2.01. The van der Waals surface area contributed by atoms with Gasteiger partial charge in [0, 0.05) is 16.5 Å². The number of rotatable bonds is 2. The Labute approximate surface area is 90.5 Å². The second-order valence-electron chi connectivity index (χ2n) is 3.13. The fourth-order valence-electron chi connectivity index (χ4n) is 1.40. The minimum Gasteiger partial charge on any atom is -0.277 e. The summed E-state index contributed by atoms with van der Waals surface area (Å²) in [6.45, 7) is 2.37. The molecule has 0 bridgehead atoms. The molecule has 0 saturated carbocycles. The SMILES string of the molecule is O=S(=O)(O)SC1C[N+](=C2NCCS2)C1. The Hall–Kier alpha value is 0.0800. The number of hydrogen-bond acceptors (Lipinski definition) is 4. The van der Waals surface area contributed by atoms with E-state index in [1.54, 1.807) is 11.8 Å². The maximum atomic E-state index is 10.5. The van der Waals surface area contributed by atoms with Crippen LogP contribution in [-0.4, -0.2) is 53.4 Å². The molecule has 14 heavy (non-hydrogen) atoms. The van der Waals surface area contributed by atoms with Crippen molar-refractivity contribution in [2.45, 2.75) is 5.25 Å². The Balaban J connectivity index is 1.87. The molecular weight excluding hydrogens is 244 g/mol. The van der Waals surface area contributed by atoms with E-state index in [0.29, 0.717) is 23.9 Å². The molecule has 0 aromatic carbocycles. The predicted molar refractivity (Wildman–Crippen MR) is 58.4 cm³/mol. The summed E-state index contributed by atoms with van der Waals surface area (Å²) < 4.78 is 31.8. The molecule has 0 aliphatic carbocycles. The molecule has 0 amide bonds. The smallest absolute Gasteiger partial charge is 0.277 e. The highest BCUT2D eigenvalue weighted by Gasteiger charge is 2.35. The van der Waals surface area contributed by atoms with Gasteiger partial charge in [-0.15, -0.1) is 0 Å². The number of hydrogen-bond donors (Lipinski definition) is 2. The van der Waals surface area contributed by atoms with Crippen LogP contribution in [0.2, 0.25) is 0 Å². The standard InChI is InChI=1S/C6H10N2O3S3/c9-14(10,11)13-5-3-8(4-5)6-7-1-2-12-6/h5H,1-4H2,(H,9,10,11)/p+1. The van der Waals surface area contributed by atoms with E-state index < -0.39 is 9.15 Å². The molecule has 5 nitrogen and oxygen atoms in total. The predicted octanol–water partition coefficient (Wildman–Crippen LogP) is -0.390. The van der Waals surface area contributed by atoms with Gasteiger partial charge in [0.2, 0.25) is 0 Å². The van der Waals surface area contributed by atoms with Gasteiger partial charge in [-0.1, -0.05) is 0 Å². The molecule has 0 spiro atoms. The van der Waals surface area contributed by atoms with Gasteiger partial charge < -0.3 is 0 Å². The van der Waals surface area contributed by atoms with E-state index in [1.807, 2.05) is 0 Å². The molecule has 8 heteroatoms.